The molecular formula is C21H32F3N5O. The van der Waals surface area contributed by atoms with Crippen molar-refractivity contribution in [2.75, 3.05) is 77.5 Å². The molecule has 1 aromatic rings. The summed E-state index contributed by atoms with van der Waals surface area (Å²) in [6, 6.07) is 5.57. The summed E-state index contributed by atoms with van der Waals surface area (Å²) in [6.45, 7) is 8.45. The number of alkyl halides is 3. The highest BCUT2D eigenvalue weighted by atomic mass is 19.4. The summed E-state index contributed by atoms with van der Waals surface area (Å²) in [4.78, 5) is 11.0. The number of halogens is 3. The average molecular weight is 428 g/mol. The summed E-state index contributed by atoms with van der Waals surface area (Å²) in [6.07, 6.45) is -2.11. The molecule has 9 heteroatoms. The number of rotatable bonds is 6. The maximum Gasteiger partial charge on any atom is 0.416 e. The minimum atomic E-state index is -4.31. The molecule has 30 heavy (non-hydrogen) atoms. The molecule has 0 saturated carbocycles. The second-order valence-electron chi connectivity index (χ2n) is 7.66. The van der Waals surface area contributed by atoms with Crippen LogP contribution in [0.1, 0.15) is 18.4 Å². The number of anilines is 1. The van der Waals surface area contributed by atoms with Gasteiger partial charge < -0.3 is 19.9 Å². The molecule has 0 aromatic heterocycles. The van der Waals surface area contributed by atoms with E-state index in [2.05, 4.69) is 20.1 Å². The first-order valence-electron chi connectivity index (χ1n) is 10.7. The zero-order valence-corrected chi connectivity index (χ0v) is 17.6. The Morgan fingerprint density at radius 3 is 2.47 bits per heavy atom. The van der Waals surface area contributed by atoms with Crippen molar-refractivity contribution in [3.05, 3.63) is 29.8 Å². The number of aliphatic imine (C=N–C) groups is 1. The van der Waals surface area contributed by atoms with Gasteiger partial charge in [0.2, 0.25) is 0 Å². The van der Waals surface area contributed by atoms with E-state index in [9.17, 15) is 13.2 Å². The van der Waals surface area contributed by atoms with E-state index in [-0.39, 0.29) is 0 Å². The van der Waals surface area contributed by atoms with Gasteiger partial charge in [0, 0.05) is 58.5 Å². The molecule has 0 radical (unpaired) electrons. The van der Waals surface area contributed by atoms with E-state index in [0.29, 0.717) is 18.8 Å². The normalized spacial score (nSPS) is 19.3. The zero-order valence-electron chi connectivity index (χ0n) is 17.6. The van der Waals surface area contributed by atoms with E-state index in [1.165, 1.54) is 12.1 Å². The van der Waals surface area contributed by atoms with Gasteiger partial charge in [0.15, 0.2) is 5.96 Å². The van der Waals surface area contributed by atoms with E-state index in [1.54, 1.807) is 13.1 Å². The lowest BCUT2D eigenvalue weighted by atomic mass is 10.1. The summed E-state index contributed by atoms with van der Waals surface area (Å²) in [5.41, 5.74) is 0.0209. The number of nitrogens with zero attached hydrogens (tertiary/aromatic N) is 4. The fourth-order valence-electron chi connectivity index (χ4n) is 3.87. The zero-order chi connectivity index (χ0) is 21.4. The maximum absolute atomic E-state index is 13.0. The van der Waals surface area contributed by atoms with Crippen LogP contribution in [0.5, 0.6) is 0 Å². The van der Waals surface area contributed by atoms with Crippen LogP contribution < -0.4 is 10.2 Å². The fraction of sp³-hybridized carbons (Fsp3) is 0.667. The van der Waals surface area contributed by atoms with Crippen LogP contribution in [-0.2, 0) is 10.9 Å². The monoisotopic (exact) mass is 427 g/mol. The van der Waals surface area contributed by atoms with E-state index in [0.717, 1.165) is 77.3 Å². The standard InChI is InChI=1S/C21H32F3N5O/c1-25-20(26-7-2-3-8-27-13-15-30-16-14-27)29-11-9-28(10-12-29)19-6-4-5-18(17-19)21(22,23)24/h4-6,17H,2-3,7-16H2,1H3,(H,25,26). The van der Waals surface area contributed by atoms with Crippen LogP contribution in [0.25, 0.3) is 0 Å². The number of hydrogen-bond donors (Lipinski definition) is 1. The second kappa shape index (κ2) is 10.9. The first-order chi connectivity index (χ1) is 14.5. The Morgan fingerprint density at radius 1 is 1.07 bits per heavy atom. The molecule has 2 aliphatic rings. The highest BCUT2D eigenvalue weighted by Gasteiger charge is 2.31. The van der Waals surface area contributed by atoms with Gasteiger partial charge in [0.25, 0.3) is 0 Å². The van der Waals surface area contributed by atoms with Crippen LogP contribution in [0, 0.1) is 0 Å². The lowest BCUT2D eigenvalue weighted by Gasteiger charge is -2.38. The fourth-order valence-corrected chi connectivity index (χ4v) is 3.87. The third-order valence-corrected chi connectivity index (χ3v) is 5.62. The predicted molar refractivity (Wildman–Crippen MR) is 113 cm³/mol. The summed E-state index contributed by atoms with van der Waals surface area (Å²) in [7, 11) is 1.77. The smallest absolute Gasteiger partial charge is 0.379 e. The Morgan fingerprint density at radius 2 is 1.80 bits per heavy atom. The van der Waals surface area contributed by atoms with Crippen molar-refractivity contribution in [3.63, 3.8) is 0 Å². The number of morpholine rings is 1. The molecule has 1 N–H and O–H groups in total. The molecular weight excluding hydrogens is 395 g/mol. The van der Waals surface area contributed by atoms with Gasteiger partial charge in [0.1, 0.15) is 0 Å². The van der Waals surface area contributed by atoms with Crippen molar-refractivity contribution in [2.24, 2.45) is 4.99 Å². The van der Waals surface area contributed by atoms with Crippen molar-refractivity contribution in [2.45, 2.75) is 19.0 Å². The molecule has 0 bridgehead atoms. The van der Waals surface area contributed by atoms with Crippen LogP contribution in [0.2, 0.25) is 0 Å². The van der Waals surface area contributed by atoms with Crippen LogP contribution in [-0.4, -0.2) is 88.4 Å². The minimum Gasteiger partial charge on any atom is -0.379 e. The van der Waals surface area contributed by atoms with Crippen molar-refractivity contribution < 1.29 is 17.9 Å². The molecule has 0 unspecified atom stereocenters. The van der Waals surface area contributed by atoms with Gasteiger partial charge in [-0.15, -0.1) is 0 Å². The SMILES string of the molecule is CN=C(NCCCCN1CCOCC1)N1CCN(c2cccc(C(F)(F)F)c2)CC1. The summed E-state index contributed by atoms with van der Waals surface area (Å²) < 4.78 is 44.3. The Balaban J connectivity index is 1.40. The molecule has 0 aliphatic carbocycles. The minimum absolute atomic E-state index is 0.600. The van der Waals surface area contributed by atoms with E-state index >= 15 is 0 Å². The van der Waals surface area contributed by atoms with Crippen molar-refractivity contribution >= 4 is 11.6 Å². The molecule has 0 amide bonds. The van der Waals surface area contributed by atoms with Crippen molar-refractivity contribution in [1.29, 1.82) is 0 Å². The lowest BCUT2D eigenvalue weighted by Crippen LogP contribution is -2.52. The maximum atomic E-state index is 13.0. The summed E-state index contributed by atoms with van der Waals surface area (Å²) in [5, 5.41) is 3.43. The molecule has 0 spiro atoms. The quantitative estimate of drug-likeness (QED) is 0.429. The van der Waals surface area contributed by atoms with Gasteiger partial charge in [-0.2, -0.15) is 13.2 Å². The molecule has 6 nitrogen and oxygen atoms in total. The van der Waals surface area contributed by atoms with Gasteiger partial charge in [-0.1, -0.05) is 6.07 Å². The molecule has 168 valence electrons. The van der Waals surface area contributed by atoms with Crippen LogP contribution in [0.4, 0.5) is 18.9 Å². The second-order valence-corrected chi connectivity index (χ2v) is 7.66. The molecule has 2 heterocycles. The van der Waals surface area contributed by atoms with Gasteiger partial charge in [-0.25, -0.2) is 0 Å². The highest BCUT2D eigenvalue weighted by molar-refractivity contribution is 5.80. The first-order valence-corrected chi connectivity index (χ1v) is 10.7. The van der Waals surface area contributed by atoms with Crippen LogP contribution in [0.3, 0.4) is 0 Å². The Labute approximate surface area is 176 Å². The van der Waals surface area contributed by atoms with Crippen molar-refractivity contribution in [3.8, 4) is 0 Å². The largest absolute Gasteiger partial charge is 0.416 e. The van der Waals surface area contributed by atoms with Crippen molar-refractivity contribution in [1.82, 2.24) is 15.1 Å². The molecule has 0 atom stereocenters. The van der Waals surface area contributed by atoms with Gasteiger partial charge in [-0.3, -0.25) is 9.89 Å². The van der Waals surface area contributed by atoms with E-state index < -0.39 is 11.7 Å². The Bertz CT molecular complexity index is 683. The van der Waals surface area contributed by atoms with Crippen LogP contribution in [0.15, 0.2) is 29.3 Å². The first kappa shape index (κ1) is 22.7. The lowest BCUT2D eigenvalue weighted by molar-refractivity contribution is -0.137. The molecule has 3 rings (SSSR count). The number of nitrogens with one attached hydrogen (secondary N) is 1. The van der Waals surface area contributed by atoms with E-state index in [4.69, 9.17) is 4.74 Å². The van der Waals surface area contributed by atoms with E-state index in [1.807, 2.05) is 4.90 Å². The molecule has 2 saturated heterocycles. The highest BCUT2D eigenvalue weighted by Crippen LogP contribution is 2.31. The summed E-state index contributed by atoms with van der Waals surface area (Å²) in [5.74, 6) is 0.866. The van der Waals surface area contributed by atoms with Crippen LogP contribution >= 0.6 is 0 Å². The summed E-state index contributed by atoms with van der Waals surface area (Å²) >= 11 is 0. The topological polar surface area (TPSA) is 43.3 Å². The molecule has 2 fully saturated rings. The number of benzene rings is 1. The average Bonchev–Trinajstić information content (AvgIpc) is 2.77. The number of ether oxygens (including phenoxy) is 1. The Hall–Kier alpha value is -2.00. The number of guanidine groups is 1. The predicted octanol–water partition coefficient (Wildman–Crippen LogP) is 2.52. The van der Waals surface area contributed by atoms with Gasteiger partial charge in [-0.05, 0) is 37.6 Å². The van der Waals surface area contributed by atoms with Gasteiger partial charge >= 0.3 is 6.18 Å². The third kappa shape index (κ3) is 6.50. The number of hydrogen-bond acceptors (Lipinski definition) is 4. The number of piperazine rings is 1. The molecule has 2 aliphatic heterocycles. The number of unbranched alkanes of at least 4 members (excludes halogenated alkanes) is 1. The molecule has 1 aromatic carbocycles. The Kier molecular flexibility index (Phi) is 8.21. The van der Waals surface area contributed by atoms with Gasteiger partial charge in [0.05, 0.1) is 18.8 Å². The third-order valence-electron chi connectivity index (χ3n) is 5.62.